The van der Waals surface area contributed by atoms with Gasteiger partial charge < -0.3 is 5.11 Å². The van der Waals surface area contributed by atoms with Gasteiger partial charge in [0, 0.05) is 31.6 Å². The quantitative estimate of drug-likeness (QED) is 0.374. The Bertz CT molecular complexity index is 1110. The van der Waals surface area contributed by atoms with Crippen LogP contribution in [0.4, 0.5) is 0 Å². The van der Waals surface area contributed by atoms with Crippen molar-refractivity contribution in [2.24, 2.45) is 0 Å². The predicted molar refractivity (Wildman–Crippen MR) is 119 cm³/mol. The van der Waals surface area contributed by atoms with Gasteiger partial charge in [-0.1, -0.05) is 71.4 Å². The Balaban J connectivity index is 1.82. The molecule has 0 aliphatic carbocycles. The maximum atomic E-state index is 11.9. The molecule has 0 spiro atoms. The SMILES string of the molecule is Cc1cc(Sc2cc(Cl)cc(Cl)c2)cc(C(O)(c2ccccc2)c2cn[nH]c2)c1. The molecule has 0 amide bonds. The van der Waals surface area contributed by atoms with Crippen molar-refractivity contribution >= 4 is 35.0 Å². The van der Waals surface area contributed by atoms with Gasteiger partial charge in [0.05, 0.1) is 6.20 Å². The monoisotopic (exact) mass is 440 g/mol. The second kappa shape index (κ2) is 8.25. The number of nitrogens with one attached hydrogen (secondary N) is 1. The smallest absolute Gasteiger partial charge is 0.143 e. The van der Waals surface area contributed by atoms with Gasteiger partial charge in [0.2, 0.25) is 0 Å². The minimum Gasteiger partial charge on any atom is -0.376 e. The van der Waals surface area contributed by atoms with E-state index in [0.717, 1.165) is 26.5 Å². The lowest BCUT2D eigenvalue weighted by atomic mass is 9.81. The molecule has 1 heterocycles. The van der Waals surface area contributed by atoms with E-state index >= 15 is 0 Å². The second-order valence-corrected chi connectivity index (χ2v) is 8.83. The van der Waals surface area contributed by atoms with Crippen molar-refractivity contribution in [1.82, 2.24) is 10.2 Å². The van der Waals surface area contributed by atoms with Crippen LogP contribution < -0.4 is 0 Å². The maximum absolute atomic E-state index is 11.9. The number of aromatic amines is 1. The van der Waals surface area contributed by atoms with Gasteiger partial charge >= 0.3 is 0 Å². The molecule has 146 valence electrons. The van der Waals surface area contributed by atoms with Gasteiger partial charge in [-0.3, -0.25) is 5.10 Å². The molecule has 0 aliphatic rings. The molecule has 3 nitrogen and oxygen atoms in total. The van der Waals surface area contributed by atoms with Crippen molar-refractivity contribution in [2.45, 2.75) is 22.3 Å². The number of aromatic nitrogens is 2. The van der Waals surface area contributed by atoms with E-state index in [1.165, 1.54) is 0 Å². The average Bonchev–Trinajstić information content (AvgIpc) is 3.22. The zero-order chi connectivity index (χ0) is 20.4. The topological polar surface area (TPSA) is 48.9 Å². The Kier molecular flexibility index (Phi) is 5.70. The summed E-state index contributed by atoms with van der Waals surface area (Å²) in [6.07, 6.45) is 3.37. The second-order valence-electron chi connectivity index (χ2n) is 6.81. The van der Waals surface area contributed by atoms with Crippen LogP contribution in [0.15, 0.2) is 88.9 Å². The van der Waals surface area contributed by atoms with E-state index in [4.69, 9.17) is 23.2 Å². The van der Waals surface area contributed by atoms with E-state index < -0.39 is 5.60 Å². The summed E-state index contributed by atoms with van der Waals surface area (Å²) in [4.78, 5) is 1.92. The first kappa shape index (κ1) is 20.0. The number of hydrogen-bond donors (Lipinski definition) is 2. The van der Waals surface area contributed by atoms with Crippen molar-refractivity contribution < 1.29 is 5.11 Å². The Morgan fingerprint density at radius 2 is 1.55 bits per heavy atom. The number of benzene rings is 3. The fraction of sp³-hybridized carbons (Fsp3) is 0.0870. The van der Waals surface area contributed by atoms with Crippen molar-refractivity contribution in [3.05, 3.63) is 111 Å². The third-order valence-corrected chi connectivity index (χ3v) is 6.03. The third-order valence-electron chi connectivity index (χ3n) is 4.65. The lowest BCUT2D eigenvalue weighted by molar-refractivity contribution is 0.125. The molecular formula is C23H18Cl2N2OS. The molecule has 1 unspecified atom stereocenters. The van der Waals surface area contributed by atoms with Crippen LogP contribution in [0, 0.1) is 6.92 Å². The predicted octanol–water partition coefficient (Wildman–Crippen LogP) is 6.46. The summed E-state index contributed by atoms with van der Waals surface area (Å²) < 4.78 is 0. The maximum Gasteiger partial charge on any atom is 0.143 e. The Morgan fingerprint density at radius 3 is 2.21 bits per heavy atom. The Hall–Kier alpha value is -2.24. The molecule has 1 atom stereocenters. The third kappa shape index (κ3) is 4.21. The lowest BCUT2D eigenvalue weighted by Crippen LogP contribution is -2.28. The number of H-pyrrole nitrogens is 1. The van der Waals surface area contributed by atoms with E-state index in [-0.39, 0.29) is 0 Å². The average molecular weight is 441 g/mol. The summed E-state index contributed by atoms with van der Waals surface area (Å²) in [7, 11) is 0. The van der Waals surface area contributed by atoms with Gasteiger partial charge in [-0.15, -0.1) is 0 Å². The standard InChI is InChI=1S/C23H18Cl2N2OS/c1-15-7-17(9-21(8-15)29-22-11-19(24)10-20(25)12-22)23(28,18-13-26-27-14-18)16-5-3-2-4-6-16/h2-14,28H,1H3,(H,26,27). The molecule has 6 heteroatoms. The summed E-state index contributed by atoms with van der Waals surface area (Å²) >= 11 is 13.9. The van der Waals surface area contributed by atoms with Crippen LogP contribution in [0.1, 0.15) is 22.3 Å². The fourth-order valence-electron chi connectivity index (χ4n) is 3.37. The van der Waals surface area contributed by atoms with Crippen molar-refractivity contribution in [2.75, 3.05) is 0 Å². The zero-order valence-electron chi connectivity index (χ0n) is 15.6. The highest BCUT2D eigenvalue weighted by Crippen LogP contribution is 2.40. The van der Waals surface area contributed by atoms with E-state index in [0.29, 0.717) is 15.6 Å². The molecule has 4 rings (SSSR count). The summed E-state index contributed by atoms with van der Waals surface area (Å²) in [5, 5.41) is 19.9. The number of nitrogens with zero attached hydrogens (tertiary/aromatic N) is 1. The van der Waals surface area contributed by atoms with Gasteiger partial charge in [0.1, 0.15) is 5.60 Å². The fourth-order valence-corrected chi connectivity index (χ4v) is 5.10. The minimum absolute atomic E-state index is 0.590. The van der Waals surface area contributed by atoms with Gasteiger partial charge in [-0.2, -0.15) is 5.10 Å². The van der Waals surface area contributed by atoms with Crippen LogP contribution in [-0.2, 0) is 5.60 Å². The normalized spacial score (nSPS) is 13.2. The van der Waals surface area contributed by atoms with Gasteiger partial charge in [0.15, 0.2) is 0 Å². The molecule has 0 bridgehead atoms. The number of aryl methyl sites for hydroxylation is 1. The summed E-state index contributed by atoms with van der Waals surface area (Å²) in [5.41, 5.74) is 1.92. The van der Waals surface area contributed by atoms with Gasteiger partial charge in [0.25, 0.3) is 0 Å². The number of rotatable bonds is 5. The molecule has 3 aromatic carbocycles. The highest BCUT2D eigenvalue weighted by molar-refractivity contribution is 7.99. The van der Waals surface area contributed by atoms with Crippen LogP contribution >= 0.6 is 35.0 Å². The molecule has 0 saturated carbocycles. The van der Waals surface area contributed by atoms with E-state index in [9.17, 15) is 5.11 Å². The summed E-state index contributed by atoms with van der Waals surface area (Å²) in [6, 6.07) is 21.1. The molecule has 2 N–H and O–H groups in total. The molecule has 4 aromatic rings. The molecule has 0 aliphatic heterocycles. The van der Waals surface area contributed by atoms with Crippen LogP contribution in [0.3, 0.4) is 0 Å². The number of halogens is 2. The highest BCUT2D eigenvalue weighted by Gasteiger charge is 2.35. The number of aliphatic hydroxyl groups is 1. The zero-order valence-corrected chi connectivity index (χ0v) is 17.9. The first-order valence-electron chi connectivity index (χ1n) is 8.98. The van der Waals surface area contributed by atoms with Crippen LogP contribution in [0.2, 0.25) is 10.0 Å². The Morgan fingerprint density at radius 1 is 0.862 bits per heavy atom. The van der Waals surface area contributed by atoms with Gasteiger partial charge in [-0.25, -0.2) is 0 Å². The summed E-state index contributed by atoms with van der Waals surface area (Å²) in [6.45, 7) is 2.01. The molecule has 1 aromatic heterocycles. The largest absolute Gasteiger partial charge is 0.376 e. The molecule has 0 radical (unpaired) electrons. The first-order chi connectivity index (χ1) is 13.9. The van der Waals surface area contributed by atoms with E-state index in [1.807, 2.05) is 61.5 Å². The molecular weight excluding hydrogens is 423 g/mol. The van der Waals surface area contributed by atoms with E-state index in [2.05, 4.69) is 16.3 Å². The van der Waals surface area contributed by atoms with Crippen molar-refractivity contribution in [1.29, 1.82) is 0 Å². The summed E-state index contributed by atoms with van der Waals surface area (Å²) in [5.74, 6) is 0. The first-order valence-corrected chi connectivity index (χ1v) is 10.6. The number of hydrogen-bond acceptors (Lipinski definition) is 3. The molecule has 0 saturated heterocycles. The van der Waals surface area contributed by atoms with Crippen LogP contribution in [-0.4, -0.2) is 15.3 Å². The van der Waals surface area contributed by atoms with Crippen LogP contribution in [0.25, 0.3) is 0 Å². The molecule has 0 fully saturated rings. The highest BCUT2D eigenvalue weighted by atomic mass is 35.5. The lowest BCUT2D eigenvalue weighted by Gasteiger charge is -2.29. The van der Waals surface area contributed by atoms with Gasteiger partial charge in [-0.05, 0) is 53.9 Å². The van der Waals surface area contributed by atoms with E-state index in [1.54, 1.807) is 30.2 Å². The van der Waals surface area contributed by atoms with Crippen LogP contribution in [0.5, 0.6) is 0 Å². The Labute approximate surface area is 183 Å². The van der Waals surface area contributed by atoms with Crippen molar-refractivity contribution in [3.8, 4) is 0 Å². The molecule has 29 heavy (non-hydrogen) atoms. The minimum atomic E-state index is -1.33. The van der Waals surface area contributed by atoms with Crippen molar-refractivity contribution in [3.63, 3.8) is 0 Å².